The van der Waals surface area contributed by atoms with Crippen LogP contribution in [0.1, 0.15) is 53.0 Å². The average molecular weight is 581 g/mol. The van der Waals surface area contributed by atoms with Gasteiger partial charge in [-0.05, 0) is 73.2 Å². The number of carbonyl (C=O) groups is 4. The molecule has 9 nitrogen and oxygen atoms in total. The Morgan fingerprint density at radius 3 is 2.43 bits per heavy atom. The van der Waals surface area contributed by atoms with E-state index in [1.165, 1.54) is 24.9 Å². The van der Waals surface area contributed by atoms with Crippen molar-refractivity contribution in [2.24, 2.45) is 11.8 Å². The Kier molecular flexibility index (Phi) is 11.2. The number of phenols is 1. The van der Waals surface area contributed by atoms with Gasteiger partial charge in [-0.2, -0.15) is 0 Å². The molecule has 0 saturated heterocycles. The maximum Gasteiger partial charge on any atom is 0.328 e. The Labute approximate surface area is 227 Å². The molecule has 3 N–H and O–H groups in total. The number of ether oxygens (including phenoxy) is 1. The standard InChI is InChI=1S/C27H38BrN3O6/c1-15-9-16(2)11-18(4)37-27(36)19(5)30-26(35)22(13-20-7-8-23(32)21(28)12-20)31(6)24(33)14-29-25(34)17(3)10-15/h7-9,12,16-19,22,32H,10-11,13-14H2,1-6H3,(H,29,34)(H,30,35)/t16-,17-,18-,19-,22+/m0/s1. The molecule has 0 saturated carbocycles. The van der Waals surface area contributed by atoms with Gasteiger partial charge in [0.1, 0.15) is 17.8 Å². The molecule has 0 spiro atoms. The first kappa shape index (κ1) is 30.3. The van der Waals surface area contributed by atoms with E-state index in [1.807, 2.05) is 13.8 Å². The van der Waals surface area contributed by atoms with Gasteiger partial charge in [0.05, 0.1) is 17.1 Å². The Morgan fingerprint density at radius 1 is 1.11 bits per heavy atom. The first-order chi connectivity index (χ1) is 17.3. The van der Waals surface area contributed by atoms with Crippen LogP contribution in [0.5, 0.6) is 5.75 Å². The van der Waals surface area contributed by atoms with Gasteiger partial charge in [0.25, 0.3) is 0 Å². The summed E-state index contributed by atoms with van der Waals surface area (Å²) in [5.41, 5.74) is 1.73. The van der Waals surface area contributed by atoms with Crippen molar-refractivity contribution in [2.75, 3.05) is 13.6 Å². The van der Waals surface area contributed by atoms with E-state index in [-0.39, 0.29) is 42.6 Å². The number of cyclic esters (lactones) is 1. The predicted molar refractivity (Wildman–Crippen MR) is 144 cm³/mol. The largest absolute Gasteiger partial charge is 0.507 e. The van der Waals surface area contributed by atoms with E-state index in [0.29, 0.717) is 22.9 Å². The number of aromatic hydroxyl groups is 1. The van der Waals surface area contributed by atoms with Crippen molar-refractivity contribution in [2.45, 2.75) is 72.1 Å². The van der Waals surface area contributed by atoms with E-state index in [1.54, 1.807) is 26.0 Å². The number of benzene rings is 1. The number of hydrogen-bond acceptors (Lipinski definition) is 6. The third-order valence-electron chi connectivity index (χ3n) is 6.40. The maximum absolute atomic E-state index is 13.3. The molecule has 0 bridgehead atoms. The van der Waals surface area contributed by atoms with Gasteiger partial charge >= 0.3 is 5.97 Å². The minimum Gasteiger partial charge on any atom is -0.507 e. The van der Waals surface area contributed by atoms with E-state index in [2.05, 4.69) is 32.6 Å². The lowest BCUT2D eigenvalue weighted by atomic mass is 9.96. The number of esters is 1. The van der Waals surface area contributed by atoms with E-state index in [9.17, 15) is 24.3 Å². The molecule has 204 valence electrons. The van der Waals surface area contributed by atoms with Gasteiger partial charge in [-0.3, -0.25) is 14.4 Å². The zero-order valence-corrected chi connectivity index (χ0v) is 23.9. The number of phenolic OH excluding ortho intramolecular Hbond substituents is 1. The number of rotatable bonds is 2. The van der Waals surface area contributed by atoms with E-state index >= 15 is 0 Å². The van der Waals surface area contributed by atoms with Gasteiger partial charge in [-0.15, -0.1) is 0 Å². The van der Waals surface area contributed by atoms with Crippen molar-refractivity contribution < 1.29 is 29.0 Å². The molecule has 37 heavy (non-hydrogen) atoms. The van der Waals surface area contributed by atoms with Crippen LogP contribution in [-0.2, 0) is 30.3 Å². The number of carbonyl (C=O) groups excluding carboxylic acids is 4. The van der Waals surface area contributed by atoms with Gasteiger partial charge in [0, 0.05) is 19.4 Å². The highest BCUT2D eigenvalue weighted by Crippen LogP contribution is 2.25. The van der Waals surface area contributed by atoms with Gasteiger partial charge in [0.15, 0.2) is 0 Å². The van der Waals surface area contributed by atoms with Crippen molar-refractivity contribution in [3.8, 4) is 5.75 Å². The fourth-order valence-electron chi connectivity index (χ4n) is 4.38. The van der Waals surface area contributed by atoms with Crippen LogP contribution in [0, 0.1) is 11.8 Å². The second-order valence-corrected chi connectivity index (χ2v) is 10.9. The van der Waals surface area contributed by atoms with Crippen molar-refractivity contribution >= 4 is 39.6 Å². The quantitative estimate of drug-likeness (QED) is 0.365. The highest BCUT2D eigenvalue weighted by molar-refractivity contribution is 9.10. The van der Waals surface area contributed by atoms with Crippen LogP contribution < -0.4 is 10.6 Å². The maximum atomic E-state index is 13.3. The molecule has 0 aromatic heterocycles. The third-order valence-corrected chi connectivity index (χ3v) is 7.03. The molecule has 1 aliphatic rings. The second kappa shape index (κ2) is 13.6. The molecular formula is C27H38BrN3O6. The summed E-state index contributed by atoms with van der Waals surface area (Å²) in [5.74, 6) is -1.98. The van der Waals surface area contributed by atoms with Crippen molar-refractivity contribution in [3.05, 3.63) is 39.9 Å². The molecule has 1 aromatic carbocycles. The lowest BCUT2D eigenvalue weighted by Gasteiger charge is -2.29. The molecule has 0 fully saturated rings. The molecular weight excluding hydrogens is 542 g/mol. The number of hydrogen-bond donors (Lipinski definition) is 3. The second-order valence-electron chi connectivity index (χ2n) is 10.0. The van der Waals surface area contributed by atoms with Crippen LogP contribution in [0.15, 0.2) is 34.3 Å². The zero-order valence-electron chi connectivity index (χ0n) is 22.3. The molecule has 0 radical (unpaired) electrons. The van der Waals surface area contributed by atoms with Crippen molar-refractivity contribution in [3.63, 3.8) is 0 Å². The first-order valence-electron chi connectivity index (χ1n) is 12.5. The summed E-state index contributed by atoms with van der Waals surface area (Å²) in [4.78, 5) is 52.9. The lowest BCUT2D eigenvalue weighted by molar-refractivity contribution is -0.153. The minimum atomic E-state index is -0.977. The number of allylic oxidation sites excluding steroid dienone is 2. The number of nitrogens with zero attached hydrogens (tertiary/aromatic N) is 1. The molecule has 1 aromatic rings. The van der Waals surface area contributed by atoms with Crippen molar-refractivity contribution in [1.82, 2.24) is 15.5 Å². The molecule has 5 atom stereocenters. The molecule has 2 rings (SSSR count). The van der Waals surface area contributed by atoms with Crippen LogP contribution in [0.2, 0.25) is 0 Å². The topological polar surface area (TPSA) is 125 Å². The van der Waals surface area contributed by atoms with E-state index < -0.39 is 29.9 Å². The monoisotopic (exact) mass is 579 g/mol. The first-order valence-corrected chi connectivity index (χ1v) is 13.3. The smallest absolute Gasteiger partial charge is 0.328 e. The molecule has 0 unspecified atom stereocenters. The molecule has 1 heterocycles. The number of likely N-dealkylation sites (N-methyl/N-ethyl adjacent to an activating group) is 1. The molecule has 0 aliphatic carbocycles. The Bertz CT molecular complexity index is 1040. The minimum absolute atomic E-state index is 0.0454. The highest BCUT2D eigenvalue weighted by Gasteiger charge is 2.31. The van der Waals surface area contributed by atoms with Crippen LogP contribution in [0.4, 0.5) is 0 Å². The average Bonchev–Trinajstić information content (AvgIpc) is 2.81. The Hall–Kier alpha value is -2.88. The van der Waals surface area contributed by atoms with Crippen LogP contribution >= 0.6 is 15.9 Å². The number of halogens is 1. The van der Waals surface area contributed by atoms with Crippen LogP contribution in [-0.4, -0.2) is 65.5 Å². The summed E-state index contributed by atoms with van der Waals surface area (Å²) in [6, 6.07) is 2.89. The summed E-state index contributed by atoms with van der Waals surface area (Å²) >= 11 is 3.26. The number of nitrogens with one attached hydrogen (secondary N) is 2. The molecule has 10 heteroatoms. The fourth-order valence-corrected chi connectivity index (χ4v) is 4.81. The van der Waals surface area contributed by atoms with Crippen molar-refractivity contribution in [1.29, 1.82) is 0 Å². The summed E-state index contributed by atoms with van der Waals surface area (Å²) in [5, 5.41) is 15.2. The number of amides is 3. The SMILES string of the molecule is CC1=C[C@H](C)C[C@H](C)OC(=O)[C@H](C)NC(=O)[C@@H](Cc2ccc(O)c(Br)c2)N(C)C(=O)CNC(=O)[C@@H](C)C1. The summed E-state index contributed by atoms with van der Waals surface area (Å²) in [6.45, 7) is 8.85. The van der Waals surface area contributed by atoms with Gasteiger partial charge in [0.2, 0.25) is 17.7 Å². The van der Waals surface area contributed by atoms with Gasteiger partial charge < -0.3 is 25.4 Å². The Morgan fingerprint density at radius 2 is 1.78 bits per heavy atom. The summed E-state index contributed by atoms with van der Waals surface area (Å²) in [6.07, 6.45) is 2.94. The third kappa shape index (κ3) is 9.18. The normalized spacial score (nSPS) is 27.4. The molecule has 1 aliphatic heterocycles. The predicted octanol–water partition coefficient (Wildman–Crippen LogP) is 3.09. The fraction of sp³-hybridized carbons (Fsp3) is 0.556. The summed E-state index contributed by atoms with van der Waals surface area (Å²) in [7, 11) is 1.48. The van der Waals surface area contributed by atoms with Gasteiger partial charge in [-0.1, -0.05) is 31.6 Å². The Balaban J connectivity index is 2.34. The van der Waals surface area contributed by atoms with Crippen LogP contribution in [0.25, 0.3) is 0 Å². The lowest BCUT2D eigenvalue weighted by Crippen LogP contribution is -2.54. The van der Waals surface area contributed by atoms with Gasteiger partial charge in [-0.25, -0.2) is 4.79 Å². The van der Waals surface area contributed by atoms with Crippen LogP contribution in [0.3, 0.4) is 0 Å². The van der Waals surface area contributed by atoms with E-state index in [4.69, 9.17) is 4.74 Å². The highest BCUT2D eigenvalue weighted by atomic mass is 79.9. The zero-order chi connectivity index (χ0) is 27.9. The molecule has 3 amide bonds. The van der Waals surface area contributed by atoms with E-state index in [0.717, 1.165) is 5.57 Å². The summed E-state index contributed by atoms with van der Waals surface area (Å²) < 4.78 is 6.02.